The molecular weight excluding hydrogens is 272 g/mol. The zero-order valence-electron chi connectivity index (χ0n) is 12.9. The van der Waals surface area contributed by atoms with Gasteiger partial charge < -0.3 is 4.74 Å². The molecular formula is C19H22N2O. The molecule has 4 aliphatic rings. The van der Waals surface area contributed by atoms with Crippen molar-refractivity contribution in [3.63, 3.8) is 0 Å². The van der Waals surface area contributed by atoms with Crippen molar-refractivity contribution in [1.29, 1.82) is 5.26 Å². The summed E-state index contributed by atoms with van der Waals surface area (Å²) in [6, 6.07) is 9.62. The molecule has 1 spiro atoms. The summed E-state index contributed by atoms with van der Waals surface area (Å²) < 4.78 is 6.42. The smallest absolute Gasteiger partial charge is 0.123 e. The Kier molecular flexibility index (Phi) is 2.64. The molecule has 3 heteroatoms. The molecule has 2 bridgehead atoms. The van der Waals surface area contributed by atoms with E-state index in [1.165, 1.54) is 37.0 Å². The molecule has 114 valence electrons. The number of rotatable bonds is 2. The number of likely N-dealkylation sites (tertiary alicyclic amines) is 1. The van der Waals surface area contributed by atoms with E-state index in [4.69, 9.17) is 10.00 Å². The zero-order chi connectivity index (χ0) is 14.7. The molecule has 3 nitrogen and oxygen atoms in total. The van der Waals surface area contributed by atoms with Crippen LogP contribution in [0.25, 0.3) is 0 Å². The molecule has 2 aliphatic carbocycles. The van der Waals surface area contributed by atoms with E-state index in [0.29, 0.717) is 18.6 Å². The van der Waals surface area contributed by atoms with Crippen LogP contribution < -0.4 is 4.74 Å². The lowest BCUT2D eigenvalue weighted by molar-refractivity contribution is -0.0507. The Morgan fingerprint density at radius 2 is 2.32 bits per heavy atom. The first kappa shape index (κ1) is 13.0. The van der Waals surface area contributed by atoms with Gasteiger partial charge in [-0.3, -0.25) is 4.90 Å². The summed E-state index contributed by atoms with van der Waals surface area (Å²) in [6.07, 6.45) is 7.28. The number of hydrogen-bond acceptors (Lipinski definition) is 3. The average molecular weight is 294 g/mol. The number of ether oxygens (including phenoxy) is 1. The van der Waals surface area contributed by atoms with Gasteiger partial charge in [0.15, 0.2) is 0 Å². The summed E-state index contributed by atoms with van der Waals surface area (Å²) in [6.45, 7) is 2.07. The predicted molar refractivity (Wildman–Crippen MR) is 83.8 cm³/mol. The van der Waals surface area contributed by atoms with Gasteiger partial charge in [0.25, 0.3) is 0 Å². The van der Waals surface area contributed by atoms with Crippen LogP contribution in [0.5, 0.6) is 5.75 Å². The summed E-state index contributed by atoms with van der Waals surface area (Å²) in [5, 5.41) is 8.96. The third-order valence-electron chi connectivity index (χ3n) is 6.75. The van der Waals surface area contributed by atoms with Gasteiger partial charge in [0.2, 0.25) is 0 Å². The van der Waals surface area contributed by atoms with Crippen molar-refractivity contribution in [2.24, 2.45) is 5.92 Å². The Bertz CT molecular complexity index is 664. The highest BCUT2D eigenvalue weighted by Gasteiger charge is 2.62. The first-order valence-corrected chi connectivity index (χ1v) is 8.74. The van der Waals surface area contributed by atoms with Crippen LogP contribution in [0.3, 0.4) is 0 Å². The summed E-state index contributed by atoms with van der Waals surface area (Å²) in [5.41, 5.74) is 3.38. The molecule has 2 heterocycles. The van der Waals surface area contributed by atoms with Gasteiger partial charge in [-0.1, -0.05) is 12.1 Å². The second-order valence-electron chi connectivity index (χ2n) is 7.44. The number of nitriles is 1. The van der Waals surface area contributed by atoms with Crippen LogP contribution in [0.2, 0.25) is 0 Å². The Morgan fingerprint density at radius 1 is 1.36 bits per heavy atom. The van der Waals surface area contributed by atoms with Crippen molar-refractivity contribution in [2.45, 2.75) is 56.1 Å². The largest absolute Gasteiger partial charge is 0.489 e. The van der Waals surface area contributed by atoms with E-state index in [9.17, 15) is 0 Å². The van der Waals surface area contributed by atoms with Crippen molar-refractivity contribution < 1.29 is 4.74 Å². The van der Waals surface area contributed by atoms with Crippen molar-refractivity contribution in [3.8, 4) is 11.8 Å². The Morgan fingerprint density at radius 3 is 3.23 bits per heavy atom. The molecule has 2 fully saturated rings. The molecule has 0 N–H and O–H groups in total. The van der Waals surface area contributed by atoms with Crippen LogP contribution in [0, 0.1) is 17.2 Å². The van der Waals surface area contributed by atoms with E-state index in [-0.39, 0.29) is 5.41 Å². The fourth-order valence-electron chi connectivity index (χ4n) is 6.04. The summed E-state index contributed by atoms with van der Waals surface area (Å²) >= 11 is 0. The van der Waals surface area contributed by atoms with E-state index in [1.807, 2.05) is 0 Å². The van der Waals surface area contributed by atoms with Gasteiger partial charge in [-0.2, -0.15) is 5.26 Å². The lowest BCUT2D eigenvalue weighted by Gasteiger charge is -2.58. The van der Waals surface area contributed by atoms with Gasteiger partial charge in [0, 0.05) is 30.0 Å². The van der Waals surface area contributed by atoms with Crippen LogP contribution >= 0.6 is 0 Å². The third kappa shape index (κ3) is 1.44. The second kappa shape index (κ2) is 4.49. The van der Waals surface area contributed by atoms with Crippen molar-refractivity contribution in [2.75, 3.05) is 13.1 Å². The van der Waals surface area contributed by atoms with Crippen molar-refractivity contribution in [3.05, 3.63) is 29.3 Å². The number of hydrogen-bond donors (Lipinski definition) is 0. The minimum Gasteiger partial charge on any atom is -0.489 e. The van der Waals surface area contributed by atoms with Crippen LogP contribution in [-0.4, -0.2) is 30.1 Å². The standard InChI is InChI=1S/C19H22N2O/c20-9-3-10-21-11-8-19-14-5-2-7-17(19)22-16-6-1-4-13(18(16)19)12-15(14)21/h1,4,6,14-15,17H,2-3,5,7-8,10-12H2. The molecule has 1 aromatic carbocycles. The maximum atomic E-state index is 8.96. The Hall–Kier alpha value is -1.53. The Balaban J connectivity index is 1.64. The topological polar surface area (TPSA) is 36.3 Å². The van der Waals surface area contributed by atoms with Crippen LogP contribution in [0.1, 0.15) is 43.2 Å². The second-order valence-corrected chi connectivity index (χ2v) is 7.44. The maximum Gasteiger partial charge on any atom is 0.123 e. The Labute approximate surface area is 131 Å². The summed E-state index contributed by atoms with van der Waals surface area (Å²) in [5.74, 6) is 1.91. The van der Waals surface area contributed by atoms with Gasteiger partial charge in [0.1, 0.15) is 11.9 Å². The molecule has 0 aromatic heterocycles. The minimum absolute atomic E-state index is 0.288. The van der Waals surface area contributed by atoms with Gasteiger partial charge in [-0.25, -0.2) is 0 Å². The van der Waals surface area contributed by atoms with E-state index in [0.717, 1.165) is 25.4 Å². The molecule has 2 aliphatic heterocycles. The molecule has 4 unspecified atom stereocenters. The van der Waals surface area contributed by atoms with Gasteiger partial charge >= 0.3 is 0 Å². The predicted octanol–water partition coefficient (Wildman–Crippen LogP) is 3.03. The number of benzene rings is 1. The van der Waals surface area contributed by atoms with Crippen molar-refractivity contribution in [1.82, 2.24) is 4.90 Å². The molecule has 4 atom stereocenters. The number of nitrogens with zero attached hydrogens (tertiary/aromatic N) is 2. The van der Waals surface area contributed by atoms with Crippen LogP contribution in [-0.2, 0) is 11.8 Å². The van der Waals surface area contributed by atoms with Gasteiger partial charge in [0.05, 0.1) is 6.07 Å². The van der Waals surface area contributed by atoms with E-state index < -0.39 is 0 Å². The minimum atomic E-state index is 0.288. The van der Waals surface area contributed by atoms with Gasteiger partial charge in [-0.05, 0) is 56.2 Å². The quantitative estimate of drug-likeness (QED) is 0.841. The first-order valence-electron chi connectivity index (χ1n) is 8.74. The molecule has 5 rings (SSSR count). The van der Waals surface area contributed by atoms with E-state index in [2.05, 4.69) is 29.2 Å². The fourth-order valence-corrected chi connectivity index (χ4v) is 6.04. The molecule has 0 amide bonds. The summed E-state index contributed by atoms with van der Waals surface area (Å²) in [7, 11) is 0. The SMILES string of the molecule is N#CCCN1CCC23c4c5cccc4OC2CCCC3C1C5. The van der Waals surface area contributed by atoms with E-state index in [1.54, 1.807) is 5.56 Å². The van der Waals surface area contributed by atoms with E-state index >= 15 is 0 Å². The monoisotopic (exact) mass is 294 g/mol. The highest BCUT2D eigenvalue weighted by molar-refractivity contribution is 5.54. The zero-order valence-corrected chi connectivity index (χ0v) is 12.9. The summed E-state index contributed by atoms with van der Waals surface area (Å²) in [4.78, 5) is 2.61. The first-order chi connectivity index (χ1) is 10.8. The number of piperidine rings is 1. The highest BCUT2D eigenvalue weighted by atomic mass is 16.5. The van der Waals surface area contributed by atoms with Crippen LogP contribution in [0.4, 0.5) is 0 Å². The fraction of sp³-hybridized carbons (Fsp3) is 0.632. The van der Waals surface area contributed by atoms with Gasteiger partial charge in [-0.15, -0.1) is 0 Å². The van der Waals surface area contributed by atoms with Crippen LogP contribution in [0.15, 0.2) is 18.2 Å². The molecule has 1 saturated heterocycles. The lowest BCUT2D eigenvalue weighted by atomic mass is 9.52. The average Bonchev–Trinajstić information content (AvgIpc) is 2.87. The molecule has 1 saturated carbocycles. The molecule has 1 aromatic rings. The highest BCUT2D eigenvalue weighted by Crippen LogP contribution is 2.62. The van der Waals surface area contributed by atoms with Crippen molar-refractivity contribution >= 4 is 0 Å². The molecule has 22 heavy (non-hydrogen) atoms. The third-order valence-corrected chi connectivity index (χ3v) is 6.75. The maximum absolute atomic E-state index is 8.96. The lowest BCUT2D eigenvalue weighted by Crippen LogP contribution is -2.64. The molecule has 0 radical (unpaired) electrons. The normalized spacial score (nSPS) is 38.0.